The van der Waals surface area contributed by atoms with Gasteiger partial charge in [-0.2, -0.15) is 4.98 Å². The number of likely N-dealkylation sites (tertiary alicyclic amines) is 1. The molecule has 6 heteroatoms. The standard InChI is InChI=1S/C14H23N5O/c1-4-18(3)13-7-8-15-14(17-13)16-12-6-5-9-19(10-12)11(2)20/h7-8,12H,4-6,9-10H2,1-3H3,(H,15,16,17). The first-order chi connectivity index (χ1) is 9.60. The number of amides is 1. The van der Waals surface area contributed by atoms with Crippen molar-refractivity contribution in [2.75, 3.05) is 36.9 Å². The van der Waals surface area contributed by atoms with Crippen molar-refractivity contribution in [3.63, 3.8) is 0 Å². The molecule has 0 radical (unpaired) electrons. The van der Waals surface area contributed by atoms with Gasteiger partial charge in [-0.05, 0) is 25.8 Å². The predicted molar refractivity (Wildman–Crippen MR) is 79.9 cm³/mol. The van der Waals surface area contributed by atoms with Crippen molar-refractivity contribution in [3.8, 4) is 0 Å². The Balaban J connectivity index is 2.00. The predicted octanol–water partition coefficient (Wildman–Crippen LogP) is 1.36. The maximum absolute atomic E-state index is 11.4. The van der Waals surface area contributed by atoms with E-state index < -0.39 is 0 Å². The fraction of sp³-hybridized carbons (Fsp3) is 0.643. The maximum Gasteiger partial charge on any atom is 0.224 e. The molecule has 1 N–H and O–H groups in total. The van der Waals surface area contributed by atoms with E-state index in [0.29, 0.717) is 5.95 Å². The molecule has 0 aromatic carbocycles. The molecular weight excluding hydrogens is 254 g/mol. The summed E-state index contributed by atoms with van der Waals surface area (Å²) in [6, 6.07) is 2.13. The van der Waals surface area contributed by atoms with E-state index in [1.807, 2.05) is 18.0 Å². The molecule has 0 aliphatic carbocycles. The van der Waals surface area contributed by atoms with E-state index in [2.05, 4.69) is 27.1 Å². The molecule has 1 aromatic rings. The van der Waals surface area contributed by atoms with Crippen molar-refractivity contribution in [1.29, 1.82) is 0 Å². The van der Waals surface area contributed by atoms with Crippen molar-refractivity contribution in [2.45, 2.75) is 32.7 Å². The minimum absolute atomic E-state index is 0.136. The van der Waals surface area contributed by atoms with Crippen molar-refractivity contribution < 1.29 is 4.79 Å². The Bertz CT molecular complexity index is 465. The number of hydrogen-bond donors (Lipinski definition) is 1. The monoisotopic (exact) mass is 277 g/mol. The highest BCUT2D eigenvalue weighted by molar-refractivity contribution is 5.73. The summed E-state index contributed by atoms with van der Waals surface area (Å²) in [6.45, 7) is 6.19. The molecule has 1 aromatic heterocycles. The lowest BCUT2D eigenvalue weighted by atomic mass is 10.1. The van der Waals surface area contributed by atoms with Crippen LogP contribution in [-0.4, -0.2) is 53.5 Å². The van der Waals surface area contributed by atoms with E-state index in [9.17, 15) is 4.79 Å². The Morgan fingerprint density at radius 2 is 2.40 bits per heavy atom. The van der Waals surface area contributed by atoms with Gasteiger partial charge in [-0.1, -0.05) is 0 Å². The molecule has 1 saturated heterocycles. The third-order valence-electron chi connectivity index (χ3n) is 3.71. The SMILES string of the molecule is CCN(C)c1ccnc(NC2CCCN(C(C)=O)C2)n1. The normalized spacial score (nSPS) is 18.8. The lowest BCUT2D eigenvalue weighted by Gasteiger charge is -2.32. The third kappa shape index (κ3) is 3.59. The molecule has 1 amide bonds. The van der Waals surface area contributed by atoms with Crippen LogP contribution in [0.2, 0.25) is 0 Å². The van der Waals surface area contributed by atoms with Gasteiger partial charge in [0.1, 0.15) is 5.82 Å². The summed E-state index contributed by atoms with van der Waals surface area (Å²) in [5, 5.41) is 3.34. The Morgan fingerprint density at radius 3 is 3.10 bits per heavy atom. The third-order valence-corrected chi connectivity index (χ3v) is 3.71. The van der Waals surface area contributed by atoms with E-state index in [1.165, 1.54) is 0 Å². The molecule has 1 atom stereocenters. The highest BCUT2D eigenvalue weighted by Crippen LogP contribution is 2.15. The second-order valence-corrected chi connectivity index (χ2v) is 5.20. The Morgan fingerprint density at radius 1 is 1.60 bits per heavy atom. The molecule has 1 fully saturated rings. The number of carbonyl (C=O) groups is 1. The number of anilines is 2. The van der Waals surface area contributed by atoms with Gasteiger partial charge in [-0.3, -0.25) is 4.79 Å². The second-order valence-electron chi connectivity index (χ2n) is 5.20. The zero-order valence-corrected chi connectivity index (χ0v) is 12.5. The van der Waals surface area contributed by atoms with Crippen LogP contribution in [0.5, 0.6) is 0 Å². The first kappa shape index (κ1) is 14.6. The number of nitrogens with one attached hydrogen (secondary N) is 1. The van der Waals surface area contributed by atoms with Crippen LogP contribution in [0.3, 0.4) is 0 Å². The summed E-state index contributed by atoms with van der Waals surface area (Å²) in [7, 11) is 2.00. The van der Waals surface area contributed by atoms with Gasteiger partial charge >= 0.3 is 0 Å². The van der Waals surface area contributed by atoms with Gasteiger partial charge in [0.05, 0.1) is 0 Å². The number of hydrogen-bond acceptors (Lipinski definition) is 5. The number of carbonyl (C=O) groups excluding carboxylic acids is 1. The van der Waals surface area contributed by atoms with E-state index in [1.54, 1.807) is 13.1 Å². The van der Waals surface area contributed by atoms with Crippen LogP contribution in [0.1, 0.15) is 26.7 Å². The molecule has 0 saturated carbocycles. The molecule has 1 aliphatic heterocycles. The Labute approximate surface area is 120 Å². The average molecular weight is 277 g/mol. The average Bonchev–Trinajstić information content (AvgIpc) is 2.47. The van der Waals surface area contributed by atoms with Crippen molar-refractivity contribution in [1.82, 2.24) is 14.9 Å². The number of piperidine rings is 1. The zero-order chi connectivity index (χ0) is 14.5. The summed E-state index contributed by atoms with van der Waals surface area (Å²) < 4.78 is 0. The quantitative estimate of drug-likeness (QED) is 0.900. The van der Waals surface area contributed by atoms with E-state index >= 15 is 0 Å². The topological polar surface area (TPSA) is 61.4 Å². The lowest BCUT2D eigenvalue weighted by molar-refractivity contribution is -0.129. The Hall–Kier alpha value is -1.85. The van der Waals surface area contributed by atoms with Crippen LogP contribution >= 0.6 is 0 Å². The summed E-state index contributed by atoms with van der Waals surface area (Å²) >= 11 is 0. The second kappa shape index (κ2) is 6.54. The molecule has 110 valence electrons. The van der Waals surface area contributed by atoms with Gasteiger partial charge in [0.2, 0.25) is 11.9 Å². The molecular formula is C14H23N5O. The van der Waals surface area contributed by atoms with Crippen molar-refractivity contribution in [2.24, 2.45) is 0 Å². The fourth-order valence-electron chi connectivity index (χ4n) is 2.36. The zero-order valence-electron chi connectivity index (χ0n) is 12.5. The number of rotatable bonds is 4. The summed E-state index contributed by atoms with van der Waals surface area (Å²) in [6.07, 6.45) is 3.83. The van der Waals surface area contributed by atoms with Gasteiger partial charge < -0.3 is 15.1 Å². The summed E-state index contributed by atoms with van der Waals surface area (Å²) in [5.41, 5.74) is 0. The van der Waals surface area contributed by atoms with Gasteiger partial charge in [0.15, 0.2) is 0 Å². The van der Waals surface area contributed by atoms with Gasteiger partial charge in [0.25, 0.3) is 0 Å². The van der Waals surface area contributed by atoms with Crippen molar-refractivity contribution in [3.05, 3.63) is 12.3 Å². The lowest BCUT2D eigenvalue weighted by Crippen LogP contribution is -2.44. The number of aromatic nitrogens is 2. The van der Waals surface area contributed by atoms with Crippen molar-refractivity contribution >= 4 is 17.7 Å². The first-order valence-corrected chi connectivity index (χ1v) is 7.16. The summed E-state index contributed by atoms with van der Waals surface area (Å²) in [4.78, 5) is 24.2. The first-order valence-electron chi connectivity index (χ1n) is 7.16. The highest BCUT2D eigenvalue weighted by Gasteiger charge is 2.22. The molecule has 6 nitrogen and oxygen atoms in total. The van der Waals surface area contributed by atoms with Crippen LogP contribution in [0, 0.1) is 0 Å². The van der Waals surface area contributed by atoms with Crippen LogP contribution < -0.4 is 10.2 Å². The fourth-order valence-corrected chi connectivity index (χ4v) is 2.36. The molecule has 0 bridgehead atoms. The molecule has 0 spiro atoms. The summed E-state index contributed by atoms with van der Waals surface area (Å²) in [5.74, 6) is 1.68. The van der Waals surface area contributed by atoms with Crippen LogP contribution in [-0.2, 0) is 4.79 Å². The van der Waals surface area contributed by atoms with Gasteiger partial charge in [-0.15, -0.1) is 0 Å². The number of nitrogens with zero attached hydrogens (tertiary/aromatic N) is 4. The molecule has 1 aliphatic rings. The van der Waals surface area contributed by atoms with Crippen LogP contribution in [0.15, 0.2) is 12.3 Å². The van der Waals surface area contributed by atoms with Crippen LogP contribution in [0.25, 0.3) is 0 Å². The molecule has 20 heavy (non-hydrogen) atoms. The van der Waals surface area contributed by atoms with E-state index in [-0.39, 0.29) is 11.9 Å². The maximum atomic E-state index is 11.4. The minimum atomic E-state index is 0.136. The van der Waals surface area contributed by atoms with Gasteiger partial charge in [0, 0.05) is 45.8 Å². The molecule has 2 heterocycles. The molecule has 2 rings (SSSR count). The Kier molecular flexibility index (Phi) is 4.76. The molecule has 1 unspecified atom stereocenters. The smallest absolute Gasteiger partial charge is 0.224 e. The highest BCUT2D eigenvalue weighted by atomic mass is 16.2. The minimum Gasteiger partial charge on any atom is -0.360 e. The van der Waals surface area contributed by atoms with E-state index in [4.69, 9.17) is 0 Å². The van der Waals surface area contributed by atoms with E-state index in [0.717, 1.165) is 38.3 Å². The largest absolute Gasteiger partial charge is 0.360 e. The van der Waals surface area contributed by atoms with Crippen LogP contribution in [0.4, 0.5) is 11.8 Å². The van der Waals surface area contributed by atoms with Gasteiger partial charge in [-0.25, -0.2) is 4.98 Å².